The highest BCUT2D eigenvalue weighted by molar-refractivity contribution is 9.10. The van der Waals surface area contributed by atoms with E-state index in [4.69, 9.17) is 16.3 Å². The molecule has 0 saturated heterocycles. The van der Waals surface area contributed by atoms with Crippen molar-refractivity contribution in [2.45, 2.75) is 31.3 Å². The maximum Gasteiger partial charge on any atom is 0.338 e. The first-order valence-electron chi connectivity index (χ1n) is 6.55. The van der Waals surface area contributed by atoms with Gasteiger partial charge in [0.25, 0.3) is 5.91 Å². The van der Waals surface area contributed by atoms with Crippen LogP contribution in [0, 0.1) is 0 Å². The highest BCUT2D eigenvalue weighted by atomic mass is 79.9. The third-order valence-electron chi connectivity index (χ3n) is 3.35. The fraction of sp³-hybridized carbons (Fsp3) is 0.429. The first-order valence-corrected chi connectivity index (χ1v) is 7.72. The molecule has 114 valence electrons. The van der Waals surface area contributed by atoms with Crippen LogP contribution in [-0.2, 0) is 14.3 Å². The fourth-order valence-electron chi connectivity index (χ4n) is 2.21. The molecule has 21 heavy (non-hydrogen) atoms. The Balaban J connectivity index is 1.86. The van der Waals surface area contributed by atoms with Crippen molar-refractivity contribution in [1.82, 2.24) is 0 Å². The van der Waals surface area contributed by atoms with Gasteiger partial charge >= 0.3 is 5.97 Å². The fourth-order valence-corrected chi connectivity index (χ4v) is 2.93. The summed E-state index contributed by atoms with van der Waals surface area (Å²) < 4.78 is 5.67. The molecule has 0 atom stereocenters. The molecule has 1 aliphatic carbocycles. The minimum Gasteiger partial charge on any atom is -0.453 e. The molecular formula is C14H15BrClNO4. The molecule has 5 nitrogen and oxygen atoms in total. The lowest BCUT2D eigenvalue weighted by atomic mass is 10.0. The molecule has 0 spiro atoms. The number of anilines is 1. The maximum atomic E-state index is 11.8. The van der Waals surface area contributed by atoms with Crippen LogP contribution < -0.4 is 5.32 Å². The number of rotatable bonds is 4. The number of halogens is 2. The van der Waals surface area contributed by atoms with E-state index in [1.807, 2.05) is 0 Å². The monoisotopic (exact) mass is 375 g/mol. The Hall–Kier alpha value is -1.11. The summed E-state index contributed by atoms with van der Waals surface area (Å²) in [6.07, 6.45) is 2.33. The Kier molecular flexibility index (Phi) is 5.24. The number of amides is 1. The van der Waals surface area contributed by atoms with E-state index in [9.17, 15) is 14.7 Å². The van der Waals surface area contributed by atoms with Crippen molar-refractivity contribution >= 4 is 45.1 Å². The van der Waals surface area contributed by atoms with Gasteiger partial charge in [-0.2, -0.15) is 0 Å². The largest absolute Gasteiger partial charge is 0.453 e. The molecule has 1 aliphatic rings. The summed E-state index contributed by atoms with van der Waals surface area (Å²) in [5, 5.41) is 12.9. The van der Waals surface area contributed by atoms with E-state index < -0.39 is 24.1 Å². The number of carbonyl (C=O) groups is 2. The molecule has 1 saturated carbocycles. The van der Waals surface area contributed by atoms with Gasteiger partial charge in [0.1, 0.15) is 0 Å². The zero-order valence-electron chi connectivity index (χ0n) is 11.2. The number of ether oxygens (including phenoxy) is 1. The van der Waals surface area contributed by atoms with Gasteiger partial charge in [-0.25, -0.2) is 4.79 Å². The lowest BCUT2D eigenvalue weighted by Gasteiger charge is -2.19. The second-order valence-corrected chi connectivity index (χ2v) is 6.31. The molecular weight excluding hydrogens is 362 g/mol. The van der Waals surface area contributed by atoms with Crippen molar-refractivity contribution in [3.05, 3.63) is 27.7 Å². The van der Waals surface area contributed by atoms with E-state index >= 15 is 0 Å². The number of esters is 1. The molecule has 2 N–H and O–H groups in total. The van der Waals surface area contributed by atoms with Crippen molar-refractivity contribution in [3.8, 4) is 0 Å². The van der Waals surface area contributed by atoms with Crippen LogP contribution in [0.2, 0.25) is 5.02 Å². The molecule has 1 aromatic rings. The Morgan fingerprint density at radius 3 is 2.67 bits per heavy atom. The van der Waals surface area contributed by atoms with Crippen LogP contribution in [0.15, 0.2) is 22.7 Å². The normalized spacial score (nSPS) is 16.5. The molecule has 0 radical (unpaired) electrons. The van der Waals surface area contributed by atoms with Crippen LogP contribution in [-0.4, -0.2) is 29.2 Å². The van der Waals surface area contributed by atoms with Crippen LogP contribution in [0.4, 0.5) is 5.69 Å². The van der Waals surface area contributed by atoms with E-state index in [0.29, 0.717) is 23.6 Å². The molecule has 1 aromatic carbocycles. The van der Waals surface area contributed by atoms with Crippen molar-refractivity contribution in [2.24, 2.45) is 0 Å². The molecule has 1 fully saturated rings. The van der Waals surface area contributed by atoms with E-state index in [2.05, 4.69) is 21.2 Å². The summed E-state index contributed by atoms with van der Waals surface area (Å²) in [5.74, 6) is -1.24. The second kappa shape index (κ2) is 6.77. The van der Waals surface area contributed by atoms with E-state index in [1.165, 1.54) is 0 Å². The average molecular weight is 377 g/mol. The topological polar surface area (TPSA) is 75.6 Å². The van der Waals surface area contributed by atoms with Crippen LogP contribution in [0.3, 0.4) is 0 Å². The van der Waals surface area contributed by atoms with Gasteiger partial charge in [-0.1, -0.05) is 27.5 Å². The number of nitrogens with one attached hydrogen (secondary N) is 1. The molecule has 0 bridgehead atoms. The number of aliphatic hydroxyl groups is 1. The third kappa shape index (κ3) is 4.18. The minimum atomic E-state index is -1.43. The molecule has 1 amide bonds. The molecule has 2 rings (SSSR count). The highest BCUT2D eigenvalue weighted by Gasteiger charge is 2.40. The zero-order valence-corrected chi connectivity index (χ0v) is 13.5. The van der Waals surface area contributed by atoms with Gasteiger partial charge in [-0.3, -0.25) is 4.79 Å². The summed E-state index contributed by atoms with van der Waals surface area (Å²) in [7, 11) is 0. The molecule has 0 heterocycles. The summed E-state index contributed by atoms with van der Waals surface area (Å²) in [6.45, 7) is -0.451. The first-order chi connectivity index (χ1) is 9.90. The predicted octanol–water partition coefficient (Wildman–Crippen LogP) is 2.89. The summed E-state index contributed by atoms with van der Waals surface area (Å²) >= 11 is 9.23. The Morgan fingerprint density at radius 1 is 1.38 bits per heavy atom. The number of benzene rings is 1. The number of hydrogen-bond acceptors (Lipinski definition) is 4. The number of carbonyl (C=O) groups excluding carboxylic acids is 2. The third-order valence-corrected chi connectivity index (χ3v) is 4.16. The molecule has 0 aliphatic heterocycles. The summed E-state index contributed by atoms with van der Waals surface area (Å²) in [5.41, 5.74) is -1.00. The van der Waals surface area contributed by atoms with Gasteiger partial charge in [0.2, 0.25) is 0 Å². The SMILES string of the molecule is O=C(COC(=O)C1(O)CCCC1)Nc1ccc(Br)cc1Cl. The summed E-state index contributed by atoms with van der Waals surface area (Å²) in [6, 6.07) is 5.01. The van der Waals surface area contributed by atoms with Crippen molar-refractivity contribution in [3.63, 3.8) is 0 Å². The van der Waals surface area contributed by atoms with Crippen LogP contribution in [0.25, 0.3) is 0 Å². The molecule has 0 unspecified atom stereocenters. The standard InChI is InChI=1S/C14H15BrClNO4/c15-9-3-4-11(10(16)7-9)17-12(18)8-21-13(19)14(20)5-1-2-6-14/h3-4,7,20H,1-2,5-6,8H2,(H,17,18). The Labute approximate surface area is 135 Å². The van der Waals surface area contributed by atoms with Gasteiger partial charge < -0.3 is 15.2 Å². The minimum absolute atomic E-state index is 0.374. The number of hydrogen-bond donors (Lipinski definition) is 2. The second-order valence-electron chi connectivity index (χ2n) is 4.99. The maximum absolute atomic E-state index is 11.8. The molecule has 0 aromatic heterocycles. The van der Waals surface area contributed by atoms with E-state index in [-0.39, 0.29) is 0 Å². The van der Waals surface area contributed by atoms with Gasteiger partial charge in [-0.05, 0) is 43.9 Å². The van der Waals surface area contributed by atoms with E-state index in [1.54, 1.807) is 18.2 Å². The van der Waals surface area contributed by atoms with Gasteiger partial charge in [0, 0.05) is 4.47 Å². The van der Waals surface area contributed by atoms with Crippen LogP contribution in [0.5, 0.6) is 0 Å². The molecule has 7 heteroatoms. The lowest BCUT2D eigenvalue weighted by molar-refractivity contribution is -0.166. The van der Waals surface area contributed by atoms with Gasteiger partial charge in [-0.15, -0.1) is 0 Å². The van der Waals surface area contributed by atoms with Crippen molar-refractivity contribution < 1.29 is 19.4 Å². The highest BCUT2D eigenvalue weighted by Crippen LogP contribution is 2.30. The average Bonchev–Trinajstić information content (AvgIpc) is 2.87. The Bertz CT molecular complexity index is 558. The summed E-state index contributed by atoms with van der Waals surface area (Å²) in [4.78, 5) is 23.5. The lowest BCUT2D eigenvalue weighted by Crippen LogP contribution is -2.38. The smallest absolute Gasteiger partial charge is 0.338 e. The van der Waals surface area contributed by atoms with E-state index in [0.717, 1.165) is 17.3 Å². The van der Waals surface area contributed by atoms with Gasteiger partial charge in [0.15, 0.2) is 12.2 Å². The Morgan fingerprint density at radius 2 is 2.05 bits per heavy atom. The van der Waals surface area contributed by atoms with Gasteiger partial charge in [0.05, 0.1) is 10.7 Å². The van der Waals surface area contributed by atoms with Crippen molar-refractivity contribution in [1.29, 1.82) is 0 Å². The zero-order chi connectivity index (χ0) is 15.5. The van der Waals surface area contributed by atoms with Crippen LogP contribution >= 0.6 is 27.5 Å². The first kappa shape index (κ1) is 16.3. The van der Waals surface area contributed by atoms with Crippen molar-refractivity contribution in [2.75, 3.05) is 11.9 Å². The predicted molar refractivity (Wildman–Crippen MR) is 82.2 cm³/mol. The van der Waals surface area contributed by atoms with Crippen LogP contribution in [0.1, 0.15) is 25.7 Å². The quantitative estimate of drug-likeness (QED) is 0.792.